The van der Waals surface area contributed by atoms with Crippen LogP contribution in [0.2, 0.25) is 0 Å². The molecule has 3 aromatic rings. The lowest BCUT2D eigenvalue weighted by molar-refractivity contribution is 0.336. The number of thiophene rings is 1. The molecule has 1 saturated heterocycles. The van der Waals surface area contributed by atoms with Gasteiger partial charge in [-0.2, -0.15) is 0 Å². The predicted octanol–water partition coefficient (Wildman–Crippen LogP) is 4.44. The molecule has 0 radical (unpaired) electrons. The molecule has 3 heterocycles. The zero-order valence-corrected chi connectivity index (χ0v) is 19.5. The number of likely N-dealkylation sites (tertiary alicyclic amines) is 1. The number of hydrogen-bond donors (Lipinski definition) is 2. The van der Waals surface area contributed by atoms with Gasteiger partial charge in [0.25, 0.3) is 0 Å². The summed E-state index contributed by atoms with van der Waals surface area (Å²) >= 11 is 1.68. The molecule has 0 spiro atoms. The SMILES string of the molecule is COc1ccccc1-c1c(C)sc2cnc(NC(C=NCCCN3CCCC3)=CN)nc12. The molecule has 1 aliphatic heterocycles. The highest BCUT2D eigenvalue weighted by atomic mass is 32.1. The van der Waals surface area contributed by atoms with Gasteiger partial charge in [-0.1, -0.05) is 18.2 Å². The lowest BCUT2D eigenvalue weighted by atomic mass is 10.0. The maximum Gasteiger partial charge on any atom is 0.227 e. The number of methoxy groups -OCH3 is 1. The number of para-hydroxylation sites is 1. The first-order valence-electron chi connectivity index (χ1n) is 11.0. The van der Waals surface area contributed by atoms with Gasteiger partial charge in [-0.05, 0) is 51.9 Å². The molecule has 0 bridgehead atoms. The van der Waals surface area contributed by atoms with E-state index in [-0.39, 0.29) is 0 Å². The van der Waals surface area contributed by atoms with E-state index in [2.05, 4.69) is 33.2 Å². The number of ether oxygens (including phenoxy) is 1. The third kappa shape index (κ3) is 5.08. The number of fused-ring (bicyclic) bond motifs is 1. The molecule has 0 amide bonds. The summed E-state index contributed by atoms with van der Waals surface area (Å²) in [5.41, 5.74) is 9.49. The fourth-order valence-corrected chi connectivity index (χ4v) is 5.03. The third-order valence-corrected chi connectivity index (χ3v) is 6.64. The molecule has 8 heteroatoms. The highest BCUT2D eigenvalue weighted by molar-refractivity contribution is 7.19. The Morgan fingerprint density at radius 1 is 1.31 bits per heavy atom. The first kappa shape index (κ1) is 22.2. The summed E-state index contributed by atoms with van der Waals surface area (Å²) in [5, 5.41) is 3.20. The normalized spacial score (nSPS) is 15.1. The lowest BCUT2D eigenvalue weighted by Gasteiger charge is -2.12. The number of nitrogens with zero attached hydrogens (tertiary/aromatic N) is 4. The van der Waals surface area contributed by atoms with Crippen LogP contribution in [0.4, 0.5) is 5.95 Å². The molecular weight excluding hydrogens is 420 g/mol. The molecule has 0 atom stereocenters. The molecule has 32 heavy (non-hydrogen) atoms. The number of allylic oxidation sites excluding steroid dienone is 1. The van der Waals surface area contributed by atoms with E-state index in [1.807, 2.05) is 24.4 Å². The highest BCUT2D eigenvalue weighted by Crippen LogP contribution is 2.41. The van der Waals surface area contributed by atoms with Gasteiger partial charge in [-0.3, -0.25) is 4.99 Å². The summed E-state index contributed by atoms with van der Waals surface area (Å²) in [6, 6.07) is 8.00. The maximum atomic E-state index is 5.82. The van der Waals surface area contributed by atoms with Gasteiger partial charge in [-0.15, -0.1) is 11.3 Å². The van der Waals surface area contributed by atoms with Gasteiger partial charge in [-0.25, -0.2) is 9.97 Å². The average molecular weight is 451 g/mol. The van der Waals surface area contributed by atoms with Crippen molar-refractivity contribution in [1.29, 1.82) is 0 Å². The van der Waals surface area contributed by atoms with E-state index in [1.54, 1.807) is 24.7 Å². The van der Waals surface area contributed by atoms with Gasteiger partial charge < -0.3 is 20.7 Å². The van der Waals surface area contributed by atoms with Crippen LogP contribution in [0, 0.1) is 6.92 Å². The molecule has 168 valence electrons. The van der Waals surface area contributed by atoms with Gasteiger partial charge >= 0.3 is 0 Å². The topological polar surface area (TPSA) is 88.7 Å². The molecule has 0 aliphatic carbocycles. The number of benzene rings is 1. The fraction of sp³-hybridized carbons (Fsp3) is 0.375. The van der Waals surface area contributed by atoms with Crippen LogP contribution in [-0.2, 0) is 0 Å². The number of aromatic nitrogens is 2. The first-order valence-corrected chi connectivity index (χ1v) is 11.8. The Bertz CT molecular complexity index is 1120. The second-order valence-corrected chi connectivity index (χ2v) is 9.08. The maximum absolute atomic E-state index is 5.82. The average Bonchev–Trinajstić information content (AvgIpc) is 3.44. The number of nitrogens with two attached hydrogens (primary N) is 1. The minimum atomic E-state index is 0.492. The van der Waals surface area contributed by atoms with Crippen molar-refractivity contribution in [3.8, 4) is 16.9 Å². The summed E-state index contributed by atoms with van der Waals surface area (Å²) in [6.45, 7) is 6.42. The van der Waals surface area contributed by atoms with Crippen LogP contribution in [0.15, 0.2) is 47.4 Å². The van der Waals surface area contributed by atoms with Gasteiger partial charge in [0.1, 0.15) is 5.75 Å². The van der Waals surface area contributed by atoms with Crippen LogP contribution >= 0.6 is 11.3 Å². The Hall–Kier alpha value is -2.97. The van der Waals surface area contributed by atoms with Crippen molar-refractivity contribution in [1.82, 2.24) is 14.9 Å². The standard InChI is InChI=1S/C24H30N6OS/c1-17-22(19-8-3-4-9-20(19)31-2)23-21(32-17)16-27-24(29-23)28-18(14-25)15-26-10-7-13-30-11-5-6-12-30/h3-4,8-9,14-16H,5-7,10-13,25H2,1-2H3,(H,27,28,29). The second-order valence-electron chi connectivity index (χ2n) is 7.82. The van der Waals surface area contributed by atoms with E-state index >= 15 is 0 Å². The number of aliphatic imine (C=N–C) groups is 1. The first-order chi connectivity index (χ1) is 15.7. The molecule has 1 aromatic carbocycles. The van der Waals surface area contributed by atoms with Crippen molar-refractivity contribution < 1.29 is 4.74 Å². The number of aryl methyl sites for hydroxylation is 1. The van der Waals surface area contributed by atoms with Gasteiger partial charge in [0.05, 0.1) is 29.2 Å². The summed E-state index contributed by atoms with van der Waals surface area (Å²) in [7, 11) is 1.69. The summed E-state index contributed by atoms with van der Waals surface area (Å²) in [6.07, 6.45) is 8.80. The zero-order chi connectivity index (χ0) is 22.3. The Morgan fingerprint density at radius 3 is 2.91 bits per heavy atom. The highest BCUT2D eigenvalue weighted by Gasteiger charge is 2.17. The number of hydrogen-bond acceptors (Lipinski definition) is 8. The van der Waals surface area contributed by atoms with Crippen LogP contribution in [0.25, 0.3) is 21.3 Å². The van der Waals surface area contributed by atoms with Crippen molar-refractivity contribution >= 4 is 33.7 Å². The summed E-state index contributed by atoms with van der Waals surface area (Å²) < 4.78 is 6.61. The Balaban J connectivity index is 1.48. The van der Waals surface area contributed by atoms with Crippen molar-refractivity contribution in [3.63, 3.8) is 0 Å². The van der Waals surface area contributed by atoms with Crippen LogP contribution in [0.3, 0.4) is 0 Å². The van der Waals surface area contributed by atoms with Crippen molar-refractivity contribution in [2.24, 2.45) is 10.7 Å². The molecule has 1 aliphatic rings. The van der Waals surface area contributed by atoms with E-state index in [0.717, 1.165) is 46.6 Å². The van der Waals surface area contributed by atoms with Crippen LogP contribution < -0.4 is 15.8 Å². The fourth-order valence-electron chi connectivity index (χ4n) is 4.04. The number of nitrogens with one attached hydrogen (secondary N) is 1. The summed E-state index contributed by atoms with van der Waals surface area (Å²) in [5.74, 6) is 1.32. The van der Waals surface area contributed by atoms with Gasteiger partial charge in [0, 0.05) is 35.0 Å². The largest absolute Gasteiger partial charge is 0.496 e. The third-order valence-electron chi connectivity index (χ3n) is 5.61. The Labute approximate surface area is 193 Å². The van der Waals surface area contributed by atoms with Crippen molar-refractivity contribution in [2.45, 2.75) is 26.2 Å². The van der Waals surface area contributed by atoms with E-state index in [0.29, 0.717) is 11.6 Å². The predicted molar refractivity (Wildman–Crippen MR) is 134 cm³/mol. The zero-order valence-electron chi connectivity index (χ0n) is 18.7. The quantitative estimate of drug-likeness (QED) is 0.370. The van der Waals surface area contributed by atoms with E-state index in [1.165, 1.54) is 37.0 Å². The molecule has 4 rings (SSSR count). The Kier molecular flexibility index (Phi) is 7.34. The number of rotatable bonds is 9. The van der Waals surface area contributed by atoms with Crippen LogP contribution in [-0.4, -0.2) is 54.4 Å². The molecule has 1 fully saturated rings. The monoisotopic (exact) mass is 450 g/mol. The van der Waals surface area contributed by atoms with Crippen LogP contribution in [0.1, 0.15) is 24.1 Å². The molecule has 7 nitrogen and oxygen atoms in total. The molecule has 2 aromatic heterocycles. The van der Waals surface area contributed by atoms with Gasteiger partial charge in [0.2, 0.25) is 5.95 Å². The summed E-state index contributed by atoms with van der Waals surface area (Å²) in [4.78, 5) is 17.5. The van der Waals surface area contributed by atoms with E-state index in [9.17, 15) is 0 Å². The minimum absolute atomic E-state index is 0.492. The lowest BCUT2D eigenvalue weighted by Crippen LogP contribution is -2.20. The van der Waals surface area contributed by atoms with Gasteiger partial charge in [0.15, 0.2) is 0 Å². The van der Waals surface area contributed by atoms with E-state index in [4.69, 9.17) is 15.5 Å². The Morgan fingerprint density at radius 2 is 2.12 bits per heavy atom. The van der Waals surface area contributed by atoms with E-state index < -0.39 is 0 Å². The number of anilines is 1. The minimum Gasteiger partial charge on any atom is -0.496 e. The van der Waals surface area contributed by atoms with Crippen molar-refractivity contribution in [2.75, 3.05) is 38.6 Å². The van der Waals surface area contributed by atoms with Crippen molar-refractivity contribution in [3.05, 3.63) is 47.2 Å². The van der Waals surface area contributed by atoms with Crippen LogP contribution in [0.5, 0.6) is 5.75 Å². The smallest absolute Gasteiger partial charge is 0.227 e. The molecular formula is C24H30N6OS. The molecule has 0 saturated carbocycles. The molecule has 0 unspecified atom stereocenters. The molecule has 3 N–H and O–H groups in total. The second kappa shape index (κ2) is 10.6.